The number of aromatic nitrogens is 2. The average Bonchev–Trinajstić information content (AvgIpc) is 3.15. The number of thiophene rings is 1. The van der Waals surface area contributed by atoms with Crippen LogP contribution in [-0.4, -0.2) is 29.4 Å². The Kier molecular flexibility index (Phi) is 5.02. The Morgan fingerprint density at radius 3 is 2.79 bits per heavy atom. The van der Waals surface area contributed by atoms with Gasteiger partial charge in [-0.1, -0.05) is 18.2 Å². The topological polar surface area (TPSA) is 73.2 Å². The number of fused-ring (bicyclic) bond motifs is 1. The van der Waals surface area contributed by atoms with Gasteiger partial charge in [-0.05, 0) is 17.5 Å². The molecule has 1 N–H and O–H groups in total. The predicted octanol–water partition coefficient (Wildman–Crippen LogP) is 2.03. The van der Waals surface area contributed by atoms with Crippen LogP contribution in [0.15, 0.2) is 45.9 Å². The number of ether oxygens (including phenoxy) is 1. The van der Waals surface area contributed by atoms with Crippen LogP contribution < -0.4 is 10.9 Å². The minimum absolute atomic E-state index is 0.156. The lowest BCUT2D eigenvalue weighted by molar-refractivity contribution is 0.0950. The van der Waals surface area contributed by atoms with Gasteiger partial charge in [0.15, 0.2) is 0 Å². The lowest BCUT2D eigenvalue weighted by Crippen LogP contribution is -2.29. The van der Waals surface area contributed by atoms with Gasteiger partial charge in [0.05, 0.1) is 30.8 Å². The Morgan fingerprint density at radius 2 is 2.08 bits per heavy atom. The Labute approximate surface area is 142 Å². The van der Waals surface area contributed by atoms with Crippen LogP contribution in [0, 0.1) is 0 Å². The van der Waals surface area contributed by atoms with Crippen molar-refractivity contribution in [2.45, 2.75) is 13.1 Å². The fourth-order valence-corrected chi connectivity index (χ4v) is 3.06. The van der Waals surface area contributed by atoms with E-state index in [9.17, 15) is 9.59 Å². The zero-order valence-electron chi connectivity index (χ0n) is 13.2. The maximum atomic E-state index is 12.5. The van der Waals surface area contributed by atoms with E-state index in [1.807, 2.05) is 23.6 Å². The minimum atomic E-state index is -0.157. The van der Waals surface area contributed by atoms with E-state index in [1.165, 1.54) is 16.0 Å². The molecule has 0 aliphatic carbocycles. The molecule has 0 saturated carbocycles. The van der Waals surface area contributed by atoms with Gasteiger partial charge in [-0.25, -0.2) is 4.68 Å². The molecule has 1 amide bonds. The lowest BCUT2D eigenvalue weighted by atomic mass is 10.1. The van der Waals surface area contributed by atoms with Crippen LogP contribution >= 0.6 is 11.3 Å². The van der Waals surface area contributed by atoms with Crippen molar-refractivity contribution in [3.8, 4) is 0 Å². The molecule has 0 fully saturated rings. The monoisotopic (exact) mass is 343 g/mol. The summed E-state index contributed by atoms with van der Waals surface area (Å²) in [5, 5.41) is 12.2. The van der Waals surface area contributed by atoms with Crippen molar-refractivity contribution in [3.05, 3.63) is 62.7 Å². The molecule has 2 aromatic heterocycles. The molecular formula is C17H17N3O3S. The summed E-state index contributed by atoms with van der Waals surface area (Å²) in [5.74, 6) is -0.156. The summed E-state index contributed by atoms with van der Waals surface area (Å²) in [7, 11) is 1.58. The van der Waals surface area contributed by atoms with Crippen LogP contribution in [0.3, 0.4) is 0 Å². The van der Waals surface area contributed by atoms with E-state index in [0.29, 0.717) is 29.8 Å². The smallest absolute Gasteiger partial charge is 0.274 e. The summed E-state index contributed by atoms with van der Waals surface area (Å²) in [6.07, 6.45) is 0. The van der Waals surface area contributed by atoms with E-state index < -0.39 is 0 Å². The second-order valence-electron chi connectivity index (χ2n) is 5.21. The highest BCUT2D eigenvalue weighted by Gasteiger charge is 2.12. The van der Waals surface area contributed by atoms with Gasteiger partial charge in [-0.15, -0.1) is 0 Å². The van der Waals surface area contributed by atoms with E-state index in [4.69, 9.17) is 4.74 Å². The van der Waals surface area contributed by atoms with Gasteiger partial charge in [0.2, 0.25) is 0 Å². The quantitative estimate of drug-likeness (QED) is 0.743. The lowest BCUT2D eigenvalue weighted by Gasteiger charge is -2.11. The van der Waals surface area contributed by atoms with Crippen molar-refractivity contribution in [2.75, 3.05) is 13.7 Å². The SMILES string of the molecule is COCCn1nc(CNC(=O)c2ccsc2)c2ccccc2c1=O. The van der Waals surface area contributed by atoms with Gasteiger partial charge in [-0.2, -0.15) is 16.4 Å². The number of benzene rings is 1. The fourth-order valence-electron chi connectivity index (χ4n) is 2.42. The standard InChI is InChI=1S/C17H17N3O3S/c1-23-8-7-20-17(22)14-5-3-2-4-13(14)15(19-20)10-18-16(21)12-6-9-24-11-12/h2-6,9,11H,7-8,10H2,1H3,(H,18,21). The van der Waals surface area contributed by atoms with E-state index >= 15 is 0 Å². The van der Waals surface area contributed by atoms with Crippen LogP contribution in [0.4, 0.5) is 0 Å². The number of methoxy groups -OCH3 is 1. The molecule has 0 saturated heterocycles. The molecule has 6 nitrogen and oxygen atoms in total. The van der Waals surface area contributed by atoms with Gasteiger partial charge in [0, 0.05) is 23.4 Å². The molecule has 7 heteroatoms. The maximum absolute atomic E-state index is 12.5. The van der Waals surface area contributed by atoms with E-state index in [1.54, 1.807) is 24.6 Å². The second-order valence-corrected chi connectivity index (χ2v) is 5.99. The van der Waals surface area contributed by atoms with Crippen LogP contribution in [0.5, 0.6) is 0 Å². The molecule has 124 valence electrons. The van der Waals surface area contributed by atoms with Gasteiger partial charge < -0.3 is 10.1 Å². The van der Waals surface area contributed by atoms with E-state index in [0.717, 1.165) is 5.39 Å². The third-order valence-corrected chi connectivity index (χ3v) is 4.33. The molecular weight excluding hydrogens is 326 g/mol. The first-order valence-electron chi connectivity index (χ1n) is 7.49. The molecule has 0 unspecified atom stereocenters. The number of carbonyl (C=O) groups is 1. The maximum Gasteiger partial charge on any atom is 0.274 e. The highest BCUT2D eigenvalue weighted by atomic mass is 32.1. The third kappa shape index (κ3) is 3.37. The first-order chi connectivity index (χ1) is 11.7. The molecule has 1 aromatic carbocycles. The molecule has 24 heavy (non-hydrogen) atoms. The molecule has 3 rings (SSSR count). The van der Waals surface area contributed by atoms with E-state index in [2.05, 4.69) is 10.4 Å². The summed E-state index contributed by atoms with van der Waals surface area (Å²) >= 11 is 1.47. The van der Waals surface area contributed by atoms with Crippen molar-refractivity contribution >= 4 is 28.0 Å². The summed E-state index contributed by atoms with van der Waals surface area (Å²) in [6.45, 7) is 1.01. The van der Waals surface area contributed by atoms with Crippen LogP contribution in [0.1, 0.15) is 16.1 Å². The Balaban J connectivity index is 1.92. The molecule has 2 heterocycles. The van der Waals surface area contributed by atoms with E-state index in [-0.39, 0.29) is 18.0 Å². The second kappa shape index (κ2) is 7.37. The van der Waals surface area contributed by atoms with Gasteiger partial charge in [0.25, 0.3) is 11.5 Å². The van der Waals surface area contributed by atoms with Crippen molar-refractivity contribution in [2.24, 2.45) is 0 Å². The normalized spacial score (nSPS) is 10.9. The first kappa shape index (κ1) is 16.4. The van der Waals surface area contributed by atoms with Gasteiger partial charge in [-0.3, -0.25) is 9.59 Å². The number of nitrogens with one attached hydrogen (secondary N) is 1. The fraction of sp³-hybridized carbons (Fsp3) is 0.235. The van der Waals surface area contributed by atoms with Gasteiger partial charge >= 0.3 is 0 Å². The van der Waals surface area contributed by atoms with Crippen LogP contribution in [0.2, 0.25) is 0 Å². The van der Waals surface area contributed by atoms with Crippen molar-refractivity contribution in [3.63, 3.8) is 0 Å². The van der Waals surface area contributed by atoms with Crippen LogP contribution in [-0.2, 0) is 17.8 Å². The highest BCUT2D eigenvalue weighted by Crippen LogP contribution is 2.13. The Hall–Kier alpha value is -2.51. The largest absolute Gasteiger partial charge is 0.383 e. The number of hydrogen-bond acceptors (Lipinski definition) is 5. The molecule has 0 bridgehead atoms. The third-order valence-electron chi connectivity index (χ3n) is 3.65. The number of rotatable bonds is 6. The first-order valence-corrected chi connectivity index (χ1v) is 8.43. The van der Waals surface area contributed by atoms with Crippen molar-refractivity contribution in [1.82, 2.24) is 15.1 Å². The minimum Gasteiger partial charge on any atom is -0.383 e. The molecule has 0 spiro atoms. The van der Waals surface area contributed by atoms with Gasteiger partial charge in [0.1, 0.15) is 0 Å². The molecule has 0 radical (unpaired) electrons. The molecule has 0 atom stereocenters. The summed E-state index contributed by atoms with van der Waals surface area (Å²) in [4.78, 5) is 24.6. The Bertz CT molecular complexity index is 903. The number of carbonyl (C=O) groups excluding carboxylic acids is 1. The van der Waals surface area contributed by atoms with Crippen LogP contribution in [0.25, 0.3) is 10.8 Å². The number of nitrogens with zero attached hydrogens (tertiary/aromatic N) is 2. The predicted molar refractivity (Wildman–Crippen MR) is 93.4 cm³/mol. The molecule has 0 aliphatic rings. The zero-order valence-corrected chi connectivity index (χ0v) is 14.0. The average molecular weight is 343 g/mol. The number of hydrogen-bond donors (Lipinski definition) is 1. The number of amides is 1. The van der Waals surface area contributed by atoms with Crippen molar-refractivity contribution < 1.29 is 9.53 Å². The summed E-state index contributed by atoms with van der Waals surface area (Å²) in [5.41, 5.74) is 1.12. The van der Waals surface area contributed by atoms with Crippen molar-refractivity contribution in [1.29, 1.82) is 0 Å². The zero-order chi connectivity index (χ0) is 16.9. The summed E-state index contributed by atoms with van der Waals surface area (Å²) in [6, 6.07) is 9.06. The summed E-state index contributed by atoms with van der Waals surface area (Å²) < 4.78 is 6.42. The molecule has 0 aliphatic heterocycles. The molecule has 3 aromatic rings. The highest BCUT2D eigenvalue weighted by molar-refractivity contribution is 7.08. The Morgan fingerprint density at radius 1 is 1.29 bits per heavy atom.